The van der Waals surface area contributed by atoms with Crippen LogP contribution in [0, 0.1) is 0 Å². The zero-order chi connectivity index (χ0) is 14.9. The monoisotopic (exact) mass is 296 g/mol. The van der Waals surface area contributed by atoms with Gasteiger partial charge in [-0.25, -0.2) is 0 Å². The lowest BCUT2D eigenvalue weighted by Crippen LogP contribution is -2.37. The van der Waals surface area contributed by atoms with Crippen LogP contribution in [0.3, 0.4) is 0 Å². The highest BCUT2D eigenvalue weighted by molar-refractivity contribution is 5.91. The Labute approximate surface area is 125 Å². The number of hydrogen-bond donors (Lipinski definition) is 1. The summed E-state index contributed by atoms with van der Waals surface area (Å²) in [7, 11) is 1.59. The number of furan rings is 1. The third kappa shape index (κ3) is 5.49. The summed E-state index contributed by atoms with van der Waals surface area (Å²) < 4.78 is 15.6. The number of unbranched alkanes of at least 4 members (excludes halogenated alkanes) is 1. The van der Waals surface area contributed by atoms with Gasteiger partial charge in [0.05, 0.1) is 13.2 Å². The van der Waals surface area contributed by atoms with Crippen molar-refractivity contribution in [2.45, 2.75) is 19.4 Å². The maximum Gasteiger partial charge on any atom is 0.286 e. The van der Waals surface area contributed by atoms with Crippen LogP contribution in [0.4, 0.5) is 0 Å². The molecule has 2 heterocycles. The summed E-state index contributed by atoms with van der Waals surface area (Å²) in [5, 5.41) is 2.88. The second-order valence-corrected chi connectivity index (χ2v) is 5.12. The average Bonchev–Trinajstić information content (AvgIpc) is 2.97. The van der Waals surface area contributed by atoms with Gasteiger partial charge in [0.15, 0.2) is 5.76 Å². The molecule has 1 saturated heterocycles. The number of ether oxygens (including phenoxy) is 2. The van der Waals surface area contributed by atoms with E-state index in [0.29, 0.717) is 24.7 Å². The number of rotatable bonds is 8. The average molecular weight is 296 g/mol. The number of morpholine rings is 1. The van der Waals surface area contributed by atoms with Crippen molar-refractivity contribution in [2.75, 3.05) is 46.5 Å². The Balaban J connectivity index is 1.58. The molecular formula is C15H24N2O4. The van der Waals surface area contributed by atoms with Gasteiger partial charge in [0.2, 0.25) is 0 Å². The molecule has 0 atom stereocenters. The van der Waals surface area contributed by atoms with Crippen LogP contribution in [0.2, 0.25) is 0 Å². The number of methoxy groups -OCH3 is 1. The Morgan fingerprint density at radius 3 is 2.90 bits per heavy atom. The maximum absolute atomic E-state index is 11.9. The predicted molar refractivity (Wildman–Crippen MR) is 78.2 cm³/mol. The molecule has 1 N–H and O–H groups in total. The maximum atomic E-state index is 11.9. The molecule has 0 aromatic carbocycles. The molecule has 0 saturated carbocycles. The Morgan fingerprint density at radius 2 is 2.14 bits per heavy atom. The number of carbonyl (C=O) groups excluding carboxylic acids is 1. The minimum atomic E-state index is -0.163. The van der Waals surface area contributed by atoms with Crippen molar-refractivity contribution in [3.05, 3.63) is 23.7 Å². The van der Waals surface area contributed by atoms with Gasteiger partial charge in [-0.05, 0) is 31.5 Å². The third-order valence-corrected chi connectivity index (χ3v) is 3.46. The summed E-state index contributed by atoms with van der Waals surface area (Å²) >= 11 is 0. The van der Waals surface area contributed by atoms with Crippen LogP contribution in [0.15, 0.2) is 16.5 Å². The van der Waals surface area contributed by atoms with Gasteiger partial charge in [-0.1, -0.05) is 0 Å². The van der Waals surface area contributed by atoms with Gasteiger partial charge in [-0.2, -0.15) is 0 Å². The quantitative estimate of drug-likeness (QED) is 0.732. The van der Waals surface area contributed by atoms with Gasteiger partial charge in [0.1, 0.15) is 12.4 Å². The van der Waals surface area contributed by atoms with Crippen molar-refractivity contribution < 1.29 is 18.7 Å². The first-order valence-corrected chi connectivity index (χ1v) is 7.45. The van der Waals surface area contributed by atoms with Crippen LogP contribution in [-0.4, -0.2) is 57.3 Å². The molecular weight excluding hydrogens is 272 g/mol. The molecule has 0 aliphatic carbocycles. The van der Waals surface area contributed by atoms with Gasteiger partial charge in [0.25, 0.3) is 5.91 Å². The largest absolute Gasteiger partial charge is 0.453 e. The Bertz CT molecular complexity index is 427. The lowest BCUT2D eigenvalue weighted by molar-refractivity contribution is 0.0372. The molecule has 6 nitrogen and oxygen atoms in total. The SMILES string of the molecule is COCc1ccc(C(=O)NCCCCN2CCOCC2)o1. The molecule has 21 heavy (non-hydrogen) atoms. The molecule has 0 bridgehead atoms. The van der Waals surface area contributed by atoms with E-state index in [0.717, 1.165) is 45.7 Å². The first-order chi connectivity index (χ1) is 10.3. The topological polar surface area (TPSA) is 63.9 Å². The molecule has 1 aliphatic rings. The van der Waals surface area contributed by atoms with Gasteiger partial charge in [0, 0.05) is 26.7 Å². The number of nitrogens with one attached hydrogen (secondary N) is 1. The standard InChI is InChI=1S/C15H24N2O4/c1-19-12-13-4-5-14(21-13)15(18)16-6-2-3-7-17-8-10-20-11-9-17/h4-5H,2-3,6-12H2,1H3,(H,16,18). The lowest BCUT2D eigenvalue weighted by Gasteiger charge is -2.26. The fourth-order valence-corrected chi connectivity index (χ4v) is 2.29. The van der Waals surface area contributed by atoms with Crippen LogP contribution in [0.25, 0.3) is 0 Å². The smallest absolute Gasteiger partial charge is 0.286 e. The summed E-state index contributed by atoms with van der Waals surface area (Å²) in [6.45, 7) is 5.81. The molecule has 0 radical (unpaired) electrons. The Morgan fingerprint density at radius 1 is 1.33 bits per heavy atom. The van der Waals surface area contributed by atoms with Crippen LogP contribution < -0.4 is 5.32 Å². The van der Waals surface area contributed by atoms with Crippen LogP contribution >= 0.6 is 0 Å². The first-order valence-electron chi connectivity index (χ1n) is 7.45. The zero-order valence-corrected chi connectivity index (χ0v) is 12.6. The van der Waals surface area contributed by atoms with E-state index in [1.54, 1.807) is 19.2 Å². The summed E-state index contributed by atoms with van der Waals surface area (Å²) in [4.78, 5) is 14.3. The zero-order valence-electron chi connectivity index (χ0n) is 12.6. The van der Waals surface area contributed by atoms with E-state index < -0.39 is 0 Å². The summed E-state index contributed by atoms with van der Waals surface area (Å²) in [6.07, 6.45) is 2.04. The van der Waals surface area contributed by atoms with Crippen molar-refractivity contribution >= 4 is 5.91 Å². The first kappa shape index (κ1) is 16.0. The molecule has 6 heteroatoms. The third-order valence-electron chi connectivity index (χ3n) is 3.46. The van der Waals surface area contributed by atoms with Gasteiger partial charge >= 0.3 is 0 Å². The number of hydrogen-bond acceptors (Lipinski definition) is 5. The number of nitrogens with zero attached hydrogens (tertiary/aromatic N) is 1. The summed E-state index contributed by atoms with van der Waals surface area (Å²) in [5.41, 5.74) is 0. The molecule has 1 fully saturated rings. The molecule has 0 spiro atoms. The van der Waals surface area contributed by atoms with Crippen molar-refractivity contribution in [1.29, 1.82) is 0 Å². The van der Waals surface area contributed by atoms with E-state index in [1.165, 1.54) is 0 Å². The lowest BCUT2D eigenvalue weighted by atomic mass is 10.2. The second-order valence-electron chi connectivity index (χ2n) is 5.12. The Kier molecular flexibility index (Phi) is 6.72. The van der Waals surface area contributed by atoms with E-state index in [2.05, 4.69) is 10.2 Å². The highest BCUT2D eigenvalue weighted by atomic mass is 16.5. The highest BCUT2D eigenvalue weighted by Crippen LogP contribution is 2.08. The fourth-order valence-electron chi connectivity index (χ4n) is 2.29. The molecule has 1 aliphatic heterocycles. The van der Waals surface area contributed by atoms with E-state index in [1.807, 2.05) is 0 Å². The Hall–Kier alpha value is -1.37. The van der Waals surface area contributed by atoms with E-state index >= 15 is 0 Å². The summed E-state index contributed by atoms with van der Waals surface area (Å²) in [5.74, 6) is 0.842. The van der Waals surface area contributed by atoms with Crippen molar-refractivity contribution in [2.24, 2.45) is 0 Å². The van der Waals surface area contributed by atoms with Gasteiger partial charge in [-0.15, -0.1) is 0 Å². The number of amides is 1. The van der Waals surface area contributed by atoms with Crippen LogP contribution in [-0.2, 0) is 16.1 Å². The van der Waals surface area contributed by atoms with Gasteiger partial charge in [-0.3, -0.25) is 9.69 Å². The molecule has 0 unspecified atom stereocenters. The van der Waals surface area contributed by atoms with Crippen LogP contribution in [0.1, 0.15) is 29.2 Å². The molecule has 1 amide bonds. The molecule has 118 valence electrons. The second kappa shape index (κ2) is 8.81. The minimum Gasteiger partial charge on any atom is -0.453 e. The van der Waals surface area contributed by atoms with E-state index in [9.17, 15) is 4.79 Å². The summed E-state index contributed by atoms with van der Waals surface area (Å²) in [6, 6.07) is 3.44. The van der Waals surface area contributed by atoms with Crippen molar-refractivity contribution in [3.63, 3.8) is 0 Å². The minimum absolute atomic E-state index is 0.163. The van der Waals surface area contributed by atoms with Gasteiger partial charge < -0.3 is 19.2 Å². The fraction of sp³-hybridized carbons (Fsp3) is 0.667. The van der Waals surface area contributed by atoms with E-state index in [4.69, 9.17) is 13.9 Å². The molecule has 1 aromatic rings. The predicted octanol–water partition coefficient (Wildman–Crippen LogP) is 1.27. The van der Waals surface area contributed by atoms with E-state index in [-0.39, 0.29) is 5.91 Å². The van der Waals surface area contributed by atoms with Crippen molar-refractivity contribution in [1.82, 2.24) is 10.2 Å². The van der Waals surface area contributed by atoms with Crippen molar-refractivity contribution in [3.8, 4) is 0 Å². The molecule has 2 rings (SSSR count). The van der Waals surface area contributed by atoms with Crippen LogP contribution in [0.5, 0.6) is 0 Å². The number of carbonyl (C=O) groups is 1. The normalized spacial score (nSPS) is 16.0. The molecule has 1 aromatic heterocycles. The highest BCUT2D eigenvalue weighted by Gasteiger charge is 2.11.